The van der Waals surface area contributed by atoms with Crippen molar-refractivity contribution in [3.63, 3.8) is 0 Å². The number of rotatable bonds is 2. The number of aryl methyl sites for hydroxylation is 1. The molecule has 0 bridgehead atoms. The van der Waals surface area contributed by atoms with E-state index in [0.29, 0.717) is 0 Å². The minimum absolute atomic E-state index is 0.949. The zero-order valence-corrected chi connectivity index (χ0v) is 8.46. The molecule has 0 aliphatic rings. The smallest absolute Gasteiger partial charge is 0.0426 e. The molecule has 0 aromatic heterocycles. The molecule has 0 amide bonds. The van der Waals surface area contributed by atoms with E-state index in [1.54, 1.807) is 0 Å². The first-order chi connectivity index (χ1) is 6.83. The van der Waals surface area contributed by atoms with Crippen molar-refractivity contribution in [1.82, 2.24) is 0 Å². The number of hydrogen-bond donors (Lipinski definition) is 1. The van der Waals surface area contributed by atoms with E-state index in [1.807, 2.05) is 12.1 Å². The number of hydrogen-bond acceptors (Lipinski definition) is 1. The van der Waals surface area contributed by atoms with Gasteiger partial charge in [-0.05, 0) is 17.4 Å². The highest BCUT2D eigenvalue weighted by molar-refractivity contribution is 5.94. The Hall–Kier alpha value is -1.50. The minimum Gasteiger partial charge on any atom is -0.398 e. The molecule has 72 valence electrons. The van der Waals surface area contributed by atoms with Crippen LogP contribution in [-0.2, 0) is 6.42 Å². The van der Waals surface area contributed by atoms with Crippen LogP contribution in [0.1, 0.15) is 18.9 Å². The van der Waals surface area contributed by atoms with Gasteiger partial charge in [-0.2, -0.15) is 0 Å². The molecule has 2 aromatic rings. The third-order valence-electron chi connectivity index (χ3n) is 2.58. The van der Waals surface area contributed by atoms with Crippen LogP contribution in [0, 0.1) is 0 Å². The monoisotopic (exact) mass is 185 g/mol. The van der Waals surface area contributed by atoms with E-state index in [4.69, 9.17) is 5.73 Å². The van der Waals surface area contributed by atoms with Crippen molar-refractivity contribution in [2.75, 3.05) is 5.73 Å². The Morgan fingerprint density at radius 2 is 1.86 bits per heavy atom. The van der Waals surface area contributed by atoms with Crippen LogP contribution in [0.2, 0.25) is 0 Å². The lowest BCUT2D eigenvalue weighted by Crippen LogP contribution is -1.94. The molecule has 0 saturated carbocycles. The van der Waals surface area contributed by atoms with E-state index in [-0.39, 0.29) is 0 Å². The van der Waals surface area contributed by atoms with Gasteiger partial charge < -0.3 is 5.73 Å². The molecule has 0 heterocycles. The van der Waals surface area contributed by atoms with Gasteiger partial charge in [-0.1, -0.05) is 49.7 Å². The molecule has 1 heteroatoms. The van der Waals surface area contributed by atoms with Crippen molar-refractivity contribution in [1.29, 1.82) is 0 Å². The molecule has 0 spiro atoms. The molecule has 0 fully saturated rings. The van der Waals surface area contributed by atoms with Gasteiger partial charge in [0.1, 0.15) is 0 Å². The summed E-state index contributed by atoms with van der Waals surface area (Å²) in [4.78, 5) is 0. The third kappa shape index (κ3) is 1.46. The summed E-state index contributed by atoms with van der Waals surface area (Å²) >= 11 is 0. The fraction of sp³-hybridized carbons (Fsp3) is 0.231. The summed E-state index contributed by atoms with van der Waals surface area (Å²) < 4.78 is 0. The van der Waals surface area contributed by atoms with Crippen LogP contribution in [0.15, 0.2) is 36.4 Å². The molecule has 0 aliphatic heterocycles. The zero-order valence-electron chi connectivity index (χ0n) is 8.46. The van der Waals surface area contributed by atoms with Crippen LogP contribution in [0.3, 0.4) is 0 Å². The Morgan fingerprint density at radius 1 is 1.07 bits per heavy atom. The maximum absolute atomic E-state index is 6.11. The second-order valence-electron chi connectivity index (χ2n) is 3.61. The van der Waals surface area contributed by atoms with Crippen molar-refractivity contribution in [2.45, 2.75) is 19.8 Å². The first kappa shape index (κ1) is 9.07. The molecule has 14 heavy (non-hydrogen) atoms. The number of fused-ring (bicyclic) bond motifs is 1. The van der Waals surface area contributed by atoms with Crippen molar-refractivity contribution in [3.8, 4) is 0 Å². The summed E-state index contributed by atoms with van der Waals surface area (Å²) in [7, 11) is 0. The van der Waals surface area contributed by atoms with E-state index in [9.17, 15) is 0 Å². The van der Waals surface area contributed by atoms with E-state index in [2.05, 4.69) is 31.2 Å². The van der Waals surface area contributed by atoms with Gasteiger partial charge in [0.2, 0.25) is 0 Å². The van der Waals surface area contributed by atoms with Crippen molar-refractivity contribution in [2.24, 2.45) is 0 Å². The summed E-state index contributed by atoms with van der Waals surface area (Å²) in [5.74, 6) is 0. The van der Waals surface area contributed by atoms with E-state index >= 15 is 0 Å². The number of anilines is 1. The predicted molar refractivity (Wildman–Crippen MR) is 62.4 cm³/mol. The molecule has 2 rings (SSSR count). The summed E-state index contributed by atoms with van der Waals surface area (Å²) in [6, 6.07) is 12.6. The maximum atomic E-state index is 6.11. The Labute approximate surface area is 84.5 Å². The average molecular weight is 185 g/mol. The summed E-state index contributed by atoms with van der Waals surface area (Å²) in [6.45, 7) is 2.18. The van der Waals surface area contributed by atoms with Gasteiger partial charge in [-0.25, -0.2) is 0 Å². The predicted octanol–water partition coefficient (Wildman–Crippen LogP) is 3.37. The lowest BCUT2D eigenvalue weighted by molar-refractivity contribution is 0.926. The first-order valence-corrected chi connectivity index (χ1v) is 5.09. The highest BCUT2D eigenvalue weighted by Gasteiger charge is 2.02. The molecule has 1 nitrogen and oxygen atoms in total. The Kier molecular flexibility index (Phi) is 2.40. The molecular formula is C13H15N. The highest BCUT2D eigenvalue weighted by Crippen LogP contribution is 2.25. The Balaban J connectivity index is 2.63. The summed E-state index contributed by atoms with van der Waals surface area (Å²) in [5.41, 5.74) is 8.32. The van der Waals surface area contributed by atoms with Crippen LogP contribution < -0.4 is 5.73 Å². The van der Waals surface area contributed by atoms with Crippen LogP contribution >= 0.6 is 0 Å². The topological polar surface area (TPSA) is 26.0 Å². The second-order valence-corrected chi connectivity index (χ2v) is 3.61. The van der Waals surface area contributed by atoms with Gasteiger partial charge in [0.05, 0.1) is 0 Å². The van der Waals surface area contributed by atoms with Gasteiger partial charge in [-0.3, -0.25) is 0 Å². The third-order valence-corrected chi connectivity index (χ3v) is 2.58. The highest BCUT2D eigenvalue weighted by atomic mass is 14.6. The van der Waals surface area contributed by atoms with E-state index in [0.717, 1.165) is 18.5 Å². The van der Waals surface area contributed by atoms with Crippen molar-refractivity contribution < 1.29 is 0 Å². The van der Waals surface area contributed by atoms with Crippen LogP contribution in [0.5, 0.6) is 0 Å². The molecule has 2 aromatic carbocycles. The van der Waals surface area contributed by atoms with E-state index in [1.165, 1.54) is 16.3 Å². The largest absolute Gasteiger partial charge is 0.398 e. The van der Waals surface area contributed by atoms with Crippen molar-refractivity contribution >= 4 is 16.5 Å². The molecular weight excluding hydrogens is 170 g/mol. The van der Waals surface area contributed by atoms with Gasteiger partial charge in [0.15, 0.2) is 0 Å². The normalized spacial score (nSPS) is 10.6. The van der Waals surface area contributed by atoms with Gasteiger partial charge in [0, 0.05) is 11.1 Å². The minimum atomic E-state index is 0.949. The molecule has 2 N–H and O–H groups in total. The second kappa shape index (κ2) is 3.70. The lowest BCUT2D eigenvalue weighted by atomic mass is 10.0. The summed E-state index contributed by atoms with van der Waals surface area (Å²) in [5, 5.41) is 2.41. The van der Waals surface area contributed by atoms with Crippen LogP contribution in [0.25, 0.3) is 10.8 Å². The fourth-order valence-corrected chi connectivity index (χ4v) is 1.83. The molecule has 0 aliphatic carbocycles. The lowest BCUT2D eigenvalue weighted by Gasteiger charge is -2.07. The molecule has 0 radical (unpaired) electrons. The molecule has 0 saturated heterocycles. The summed E-state index contributed by atoms with van der Waals surface area (Å²) in [6.07, 6.45) is 2.21. The number of benzene rings is 2. The van der Waals surface area contributed by atoms with Crippen LogP contribution in [0.4, 0.5) is 5.69 Å². The molecule has 0 atom stereocenters. The maximum Gasteiger partial charge on any atom is 0.0426 e. The van der Waals surface area contributed by atoms with Crippen LogP contribution in [-0.4, -0.2) is 0 Å². The average Bonchev–Trinajstić information content (AvgIpc) is 2.23. The van der Waals surface area contributed by atoms with E-state index < -0.39 is 0 Å². The quantitative estimate of drug-likeness (QED) is 0.713. The molecule has 0 unspecified atom stereocenters. The fourth-order valence-electron chi connectivity index (χ4n) is 1.83. The first-order valence-electron chi connectivity index (χ1n) is 5.09. The zero-order chi connectivity index (χ0) is 9.97. The number of nitrogen functional groups attached to an aromatic ring is 1. The standard InChI is InChI=1S/C13H15N/c1-2-5-11-9-8-10-6-3-4-7-12(10)13(11)14/h3-4,6-9H,2,5,14H2,1H3. The van der Waals surface area contributed by atoms with Crippen molar-refractivity contribution in [3.05, 3.63) is 42.0 Å². The number of nitrogens with two attached hydrogens (primary N) is 1. The Bertz CT molecular complexity index is 446. The SMILES string of the molecule is CCCc1ccc2ccccc2c1N. The van der Waals surface area contributed by atoms with Gasteiger partial charge in [-0.15, -0.1) is 0 Å². The van der Waals surface area contributed by atoms with Gasteiger partial charge >= 0.3 is 0 Å². The van der Waals surface area contributed by atoms with Gasteiger partial charge in [0.25, 0.3) is 0 Å². The Morgan fingerprint density at radius 3 is 2.64 bits per heavy atom.